The first-order valence-corrected chi connectivity index (χ1v) is 6.39. The summed E-state index contributed by atoms with van der Waals surface area (Å²) in [6, 6.07) is 10.8. The number of anilines is 1. The minimum Gasteiger partial charge on any atom is -0.365 e. The molecule has 0 aliphatic heterocycles. The van der Waals surface area contributed by atoms with Crippen LogP contribution in [0.5, 0.6) is 0 Å². The third kappa shape index (κ3) is 3.00. The summed E-state index contributed by atoms with van der Waals surface area (Å²) in [5, 5.41) is 12.9. The van der Waals surface area contributed by atoms with E-state index in [0.717, 1.165) is 15.7 Å². The van der Waals surface area contributed by atoms with Gasteiger partial charge in [0.25, 0.3) is 0 Å². The van der Waals surface area contributed by atoms with Crippen molar-refractivity contribution in [3.05, 3.63) is 57.8 Å². The predicted molar refractivity (Wildman–Crippen MR) is 75.4 cm³/mol. The maximum absolute atomic E-state index is 9.23. The van der Waals surface area contributed by atoms with Crippen LogP contribution in [0.2, 0.25) is 5.02 Å². The zero-order chi connectivity index (χ0) is 13.0. The van der Waals surface area contributed by atoms with Crippen molar-refractivity contribution in [2.24, 2.45) is 0 Å². The summed E-state index contributed by atoms with van der Waals surface area (Å²) in [7, 11) is 0. The number of nitrogens with one attached hydrogen (secondary N) is 1. The lowest BCUT2D eigenvalue weighted by atomic mass is 10.1. The van der Waals surface area contributed by atoms with Crippen molar-refractivity contribution < 1.29 is 0 Å². The van der Waals surface area contributed by atoms with Gasteiger partial charge in [0, 0.05) is 21.3 Å². The number of pyridine rings is 1. The predicted octanol–water partition coefficient (Wildman–Crippen LogP) is 4.17. The smallest absolute Gasteiger partial charge is 0.141 e. The highest BCUT2D eigenvalue weighted by Crippen LogP contribution is 2.26. The number of halogens is 2. The maximum atomic E-state index is 9.23. The Hall–Kier alpha value is -1.57. The van der Waals surface area contributed by atoms with E-state index in [0.29, 0.717) is 5.02 Å². The normalized spacial score (nSPS) is 11.6. The molecule has 3 nitrogen and oxygen atoms in total. The van der Waals surface area contributed by atoms with E-state index >= 15 is 0 Å². The summed E-state index contributed by atoms with van der Waals surface area (Å²) in [6.07, 6.45) is 3.34. The molecule has 0 fully saturated rings. The second-order valence-electron chi connectivity index (χ2n) is 3.62. The standard InChI is InChI=1S/C13H9BrClN3/c14-9-5-10(8-17-7-9)18-13(6-16)11-3-1-2-4-12(11)15/h1-5,7-8,13,18H/t13-/m0/s1. The molecule has 0 radical (unpaired) electrons. The minimum atomic E-state index is -0.505. The van der Waals surface area contributed by atoms with Crippen LogP contribution in [0.15, 0.2) is 47.2 Å². The van der Waals surface area contributed by atoms with E-state index < -0.39 is 6.04 Å². The van der Waals surface area contributed by atoms with Gasteiger partial charge in [0.2, 0.25) is 0 Å². The largest absolute Gasteiger partial charge is 0.365 e. The zero-order valence-corrected chi connectivity index (χ0v) is 11.6. The van der Waals surface area contributed by atoms with Crippen molar-refractivity contribution >= 4 is 33.2 Å². The third-order valence-electron chi connectivity index (χ3n) is 2.36. The Morgan fingerprint density at radius 3 is 2.78 bits per heavy atom. The molecule has 5 heteroatoms. The van der Waals surface area contributed by atoms with Crippen LogP contribution < -0.4 is 5.32 Å². The quantitative estimate of drug-likeness (QED) is 0.922. The maximum Gasteiger partial charge on any atom is 0.141 e. The van der Waals surface area contributed by atoms with Crippen molar-refractivity contribution in [1.29, 1.82) is 5.26 Å². The molecule has 0 aliphatic rings. The number of nitriles is 1. The molecule has 1 heterocycles. The number of rotatable bonds is 3. The first kappa shape index (κ1) is 12.9. The van der Waals surface area contributed by atoms with Crippen molar-refractivity contribution in [2.45, 2.75) is 6.04 Å². The first-order valence-electron chi connectivity index (χ1n) is 5.22. The zero-order valence-electron chi connectivity index (χ0n) is 9.27. The number of nitrogens with zero attached hydrogens (tertiary/aromatic N) is 2. The van der Waals surface area contributed by atoms with E-state index in [9.17, 15) is 5.26 Å². The van der Waals surface area contributed by atoms with Gasteiger partial charge in [-0.05, 0) is 28.1 Å². The fourth-order valence-corrected chi connectivity index (χ4v) is 2.16. The Morgan fingerprint density at radius 2 is 2.11 bits per heavy atom. The molecule has 0 amide bonds. The molecule has 0 saturated heterocycles. The monoisotopic (exact) mass is 321 g/mol. The summed E-state index contributed by atoms with van der Waals surface area (Å²) in [5.41, 5.74) is 1.51. The Kier molecular flexibility index (Phi) is 4.19. The van der Waals surface area contributed by atoms with E-state index in [-0.39, 0.29) is 0 Å². The molecule has 0 spiro atoms. The molecule has 90 valence electrons. The molecule has 2 rings (SSSR count). The molecule has 1 atom stereocenters. The second-order valence-corrected chi connectivity index (χ2v) is 4.94. The molecular weight excluding hydrogens is 314 g/mol. The van der Waals surface area contributed by atoms with Gasteiger partial charge in [0.1, 0.15) is 6.04 Å². The van der Waals surface area contributed by atoms with Crippen LogP contribution in [-0.4, -0.2) is 4.98 Å². The van der Waals surface area contributed by atoms with E-state index in [2.05, 4.69) is 32.3 Å². The molecule has 1 aromatic carbocycles. The van der Waals surface area contributed by atoms with Crippen LogP contribution in [0.4, 0.5) is 5.69 Å². The van der Waals surface area contributed by atoms with Gasteiger partial charge in [-0.25, -0.2) is 0 Å². The molecule has 1 aromatic heterocycles. The lowest BCUT2D eigenvalue weighted by Crippen LogP contribution is -2.09. The van der Waals surface area contributed by atoms with Gasteiger partial charge in [0.05, 0.1) is 18.0 Å². The van der Waals surface area contributed by atoms with Crippen LogP contribution in [0, 0.1) is 11.3 Å². The van der Waals surface area contributed by atoms with Gasteiger partial charge in [-0.3, -0.25) is 4.98 Å². The highest BCUT2D eigenvalue weighted by Gasteiger charge is 2.13. The van der Waals surface area contributed by atoms with Crippen LogP contribution in [0.25, 0.3) is 0 Å². The highest BCUT2D eigenvalue weighted by atomic mass is 79.9. The highest BCUT2D eigenvalue weighted by molar-refractivity contribution is 9.10. The Balaban J connectivity index is 2.26. The van der Waals surface area contributed by atoms with Crippen molar-refractivity contribution in [3.63, 3.8) is 0 Å². The second kappa shape index (κ2) is 5.85. The van der Waals surface area contributed by atoms with E-state index in [1.165, 1.54) is 0 Å². The van der Waals surface area contributed by atoms with Gasteiger partial charge < -0.3 is 5.32 Å². The van der Waals surface area contributed by atoms with Gasteiger partial charge in [-0.2, -0.15) is 5.26 Å². The number of aromatic nitrogens is 1. The Morgan fingerprint density at radius 1 is 1.33 bits per heavy atom. The van der Waals surface area contributed by atoms with Gasteiger partial charge in [0.15, 0.2) is 0 Å². The van der Waals surface area contributed by atoms with Gasteiger partial charge >= 0.3 is 0 Å². The van der Waals surface area contributed by atoms with E-state index in [1.807, 2.05) is 24.3 Å². The van der Waals surface area contributed by atoms with E-state index in [4.69, 9.17) is 11.6 Å². The fourth-order valence-electron chi connectivity index (χ4n) is 1.55. The average molecular weight is 323 g/mol. The van der Waals surface area contributed by atoms with Gasteiger partial charge in [-0.1, -0.05) is 29.8 Å². The minimum absolute atomic E-state index is 0.505. The molecule has 0 unspecified atom stereocenters. The average Bonchev–Trinajstić information content (AvgIpc) is 2.37. The van der Waals surface area contributed by atoms with Gasteiger partial charge in [-0.15, -0.1) is 0 Å². The van der Waals surface area contributed by atoms with Crippen LogP contribution in [0.3, 0.4) is 0 Å². The van der Waals surface area contributed by atoms with Crippen molar-refractivity contribution in [2.75, 3.05) is 5.32 Å². The van der Waals surface area contributed by atoms with Crippen LogP contribution >= 0.6 is 27.5 Å². The summed E-state index contributed by atoms with van der Waals surface area (Å²) in [5.74, 6) is 0. The third-order valence-corrected chi connectivity index (χ3v) is 3.14. The molecule has 18 heavy (non-hydrogen) atoms. The Labute approximate surface area is 119 Å². The lowest BCUT2D eigenvalue weighted by Gasteiger charge is -2.14. The molecule has 0 bridgehead atoms. The molecule has 0 saturated carbocycles. The Bertz CT molecular complexity index is 595. The summed E-state index contributed by atoms with van der Waals surface area (Å²) < 4.78 is 0.850. The molecule has 2 aromatic rings. The topological polar surface area (TPSA) is 48.7 Å². The van der Waals surface area contributed by atoms with E-state index in [1.54, 1.807) is 18.5 Å². The fraction of sp³-hybridized carbons (Fsp3) is 0.0769. The van der Waals surface area contributed by atoms with Crippen molar-refractivity contribution in [3.8, 4) is 6.07 Å². The van der Waals surface area contributed by atoms with Crippen LogP contribution in [-0.2, 0) is 0 Å². The SMILES string of the molecule is N#C[C@H](Nc1cncc(Br)c1)c1ccccc1Cl. The summed E-state index contributed by atoms with van der Waals surface area (Å²) in [6.45, 7) is 0. The molecule has 0 aliphatic carbocycles. The molecule has 1 N–H and O–H groups in total. The van der Waals surface area contributed by atoms with Crippen molar-refractivity contribution in [1.82, 2.24) is 4.98 Å². The summed E-state index contributed by atoms with van der Waals surface area (Å²) >= 11 is 9.41. The number of benzene rings is 1. The lowest BCUT2D eigenvalue weighted by molar-refractivity contribution is 0.993. The van der Waals surface area contributed by atoms with Crippen LogP contribution in [0.1, 0.15) is 11.6 Å². The number of hydrogen-bond donors (Lipinski definition) is 1. The number of hydrogen-bond acceptors (Lipinski definition) is 3. The first-order chi connectivity index (χ1) is 8.70. The molecular formula is C13H9BrClN3. The summed E-state index contributed by atoms with van der Waals surface area (Å²) in [4.78, 5) is 4.04.